The molecule has 0 saturated carbocycles. The molecule has 0 aliphatic carbocycles. The first kappa shape index (κ1) is 19.8. The molecule has 2 heterocycles. The fourth-order valence-electron chi connectivity index (χ4n) is 3.54. The van der Waals surface area contributed by atoms with E-state index in [1.807, 2.05) is 5.38 Å². The molecule has 8 heteroatoms. The highest BCUT2D eigenvalue weighted by Crippen LogP contribution is 2.34. The van der Waals surface area contributed by atoms with Crippen LogP contribution in [0.2, 0.25) is 0 Å². The minimum absolute atomic E-state index is 0.178. The van der Waals surface area contributed by atoms with Crippen molar-refractivity contribution in [3.63, 3.8) is 0 Å². The molecule has 27 heavy (non-hydrogen) atoms. The van der Waals surface area contributed by atoms with Crippen molar-refractivity contribution in [1.29, 1.82) is 0 Å². The Labute approximate surface area is 160 Å². The van der Waals surface area contributed by atoms with E-state index in [2.05, 4.69) is 11.9 Å². The molecule has 1 aromatic carbocycles. The fraction of sp³-hybridized carbons (Fsp3) is 0.474. The molecule has 2 atom stereocenters. The lowest BCUT2D eigenvalue weighted by atomic mass is 10.0. The number of benzene rings is 1. The molecule has 1 amide bonds. The van der Waals surface area contributed by atoms with Crippen LogP contribution in [0.4, 0.5) is 24.0 Å². The van der Waals surface area contributed by atoms with Crippen LogP contribution in [0.25, 0.3) is 0 Å². The number of piperidine rings is 1. The SMILES string of the molecule is CC(=O)N(c1cccc(C(F)(F)F)c1)c1nc(C[NH+]2CCC[C@@H](C)C2)cs1. The predicted octanol–water partition coefficient (Wildman–Crippen LogP) is 3.66. The first-order valence-electron chi connectivity index (χ1n) is 9.00. The first-order chi connectivity index (χ1) is 12.7. The molecule has 1 saturated heterocycles. The number of quaternary nitrogens is 1. The normalized spacial score (nSPS) is 20.5. The number of hydrogen-bond donors (Lipinski definition) is 1. The molecule has 1 aromatic heterocycles. The van der Waals surface area contributed by atoms with E-state index in [1.165, 1.54) is 53.0 Å². The lowest BCUT2D eigenvalue weighted by molar-refractivity contribution is -0.922. The zero-order chi connectivity index (χ0) is 19.6. The quantitative estimate of drug-likeness (QED) is 0.854. The number of halogens is 3. The van der Waals surface area contributed by atoms with E-state index in [0.29, 0.717) is 11.0 Å². The van der Waals surface area contributed by atoms with Gasteiger partial charge in [-0.15, -0.1) is 11.3 Å². The van der Waals surface area contributed by atoms with Crippen molar-refractivity contribution in [1.82, 2.24) is 4.98 Å². The molecule has 2 aromatic rings. The minimum atomic E-state index is -4.46. The van der Waals surface area contributed by atoms with Crippen molar-refractivity contribution in [2.75, 3.05) is 18.0 Å². The second-order valence-electron chi connectivity index (χ2n) is 7.15. The maximum atomic E-state index is 13.0. The Morgan fingerprint density at radius 1 is 1.41 bits per heavy atom. The molecule has 4 nitrogen and oxygen atoms in total. The van der Waals surface area contributed by atoms with Crippen molar-refractivity contribution in [2.45, 2.75) is 39.4 Å². The molecule has 0 spiro atoms. The summed E-state index contributed by atoms with van der Waals surface area (Å²) in [5, 5.41) is 2.30. The highest BCUT2D eigenvalue weighted by atomic mass is 32.1. The Balaban J connectivity index is 1.82. The number of alkyl halides is 3. The third-order valence-electron chi connectivity index (χ3n) is 4.77. The Bertz CT molecular complexity index is 805. The van der Waals surface area contributed by atoms with Gasteiger partial charge in [0, 0.05) is 18.2 Å². The summed E-state index contributed by atoms with van der Waals surface area (Å²) in [4.78, 5) is 19.4. The van der Waals surface area contributed by atoms with Gasteiger partial charge < -0.3 is 4.90 Å². The third-order valence-corrected chi connectivity index (χ3v) is 5.65. The van der Waals surface area contributed by atoms with E-state index >= 15 is 0 Å². The van der Waals surface area contributed by atoms with E-state index in [4.69, 9.17) is 0 Å². The maximum Gasteiger partial charge on any atom is 0.416 e. The molecule has 1 unspecified atom stereocenters. The maximum absolute atomic E-state index is 13.0. The van der Waals surface area contributed by atoms with Gasteiger partial charge in [0.25, 0.3) is 0 Å². The van der Waals surface area contributed by atoms with E-state index in [-0.39, 0.29) is 11.6 Å². The molecule has 3 rings (SSSR count). The molecule has 1 fully saturated rings. The van der Waals surface area contributed by atoms with Crippen LogP contribution in [-0.4, -0.2) is 24.0 Å². The van der Waals surface area contributed by atoms with E-state index in [9.17, 15) is 18.0 Å². The lowest BCUT2D eigenvalue weighted by Crippen LogP contribution is -3.12. The van der Waals surface area contributed by atoms with Gasteiger partial charge in [0.2, 0.25) is 5.91 Å². The van der Waals surface area contributed by atoms with Crippen molar-refractivity contribution >= 4 is 28.1 Å². The van der Waals surface area contributed by atoms with Gasteiger partial charge in [-0.2, -0.15) is 13.2 Å². The van der Waals surface area contributed by atoms with Gasteiger partial charge in [-0.25, -0.2) is 4.98 Å². The summed E-state index contributed by atoms with van der Waals surface area (Å²) in [5.41, 5.74) is 0.268. The largest absolute Gasteiger partial charge is 0.416 e. The van der Waals surface area contributed by atoms with Crippen LogP contribution in [0.5, 0.6) is 0 Å². The average Bonchev–Trinajstić information content (AvgIpc) is 3.02. The highest BCUT2D eigenvalue weighted by Gasteiger charge is 2.31. The topological polar surface area (TPSA) is 37.6 Å². The Morgan fingerprint density at radius 3 is 2.85 bits per heavy atom. The van der Waals surface area contributed by atoms with E-state index in [1.54, 1.807) is 0 Å². The summed E-state index contributed by atoms with van der Waals surface area (Å²) < 4.78 is 39.0. The summed E-state index contributed by atoms with van der Waals surface area (Å²) in [7, 11) is 0. The highest BCUT2D eigenvalue weighted by molar-refractivity contribution is 7.14. The second-order valence-corrected chi connectivity index (χ2v) is 7.99. The minimum Gasteiger partial charge on any atom is -0.330 e. The van der Waals surface area contributed by atoms with Crippen LogP contribution in [0.1, 0.15) is 37.9 Å². The van der Waals surface area contributed by atoms with Crippen molar-refractivity contribution < 1.29 is 22.9 Å². The van der Waals surface area contributed by atoms with Crippen LogP contribution < -0.4 is 9.80 Å². The fourth-order valence-corrected chi connectivity index (χ4v) is 4.43. The number of nitrogens with one attached hydrogen (secondary N) is 1. The molecule has 0 bridgehead atoms. The molecule has 1 aliphatic heterocycles. The van der Waals surface area contributed by atoms with Gasteiger partial charge in [0.1, 0.15) is 12.2 Å². The second kappa shape index (κ2) is 7.98. The van der Waals surface area contributed by atoms with Gasteiger partial charge in [-0.05, 0) is 31.0 Å². The van der Waals surface area contributed by atoms with Crippen LogP contribution in [0.15, 0.2) is 29.6 Å². The molecular formula is C19H23F3N3OS+. The van der Waals surface area contributed by atoms with Gasteiger partial charge in [0.15, 0.2) is 5.13 Å². The summed E-state index contributed by atoms with van der Waals surface area (Å²) in [6.45, 7) is 6.54. The number of hydrogen-bond acceptors (Lipinski definition) is 3. The monoisotopic (exact) mass is 398 g/mol. The van der Waals surface area contributed by atoms with Crippen LogP contribution in [-0.2, 0) is 17.5 Å². The molecule has 1 N–H and O–H groups in total. The van der Waals surface area contributed by atoms with Crippen LogP contribution in [0, 0.1) is 5.92 Å². The number of rotatable bonds is 4. The Morgan fingerprint density at radius 2 is 2.19 bits per heavy atom. The average molecular weight is 398 g/mol. The smallest absolute Gasteiger partial charge is 0.330 e. The van der Waals surface area contributed by atoms with E-state index < -0.39 is 11.7 Å². The Hall–Kier alpha value is -1.93. The number of carbonyl (C=O) groups excluding carboxylic acids is 1. The molecule has 0 radical (unpaired) electrons. The van der Waals surface area contributed by atoms with Gasteiger partial charge in [-0.3, -0.25) is 9.69 Å². The number of aromatic nitrogens is 1. The standard InChI is InChI=1S/C19H22F3N3OS/c1-13-5-4-8-24(10-13)11-16-12-27-18(23-16)25(14(2)26)17-7-3-6-15(9-17)19(20,21)22/h3,6-7,9,12-13H,4-5,8,10-11H2,1-2H3/p+1/t13-/m1/s1. The number of carbonyl (C=O) groups is 1. The summed E-state index contributed by atoms with van der Waals surface area (Å²) in [5.74, 6) is 0.319. The third kappa shape index (κ3) is 4.87. The molecular weight excluding hydrogens is 375 g/mol. The lowest BCUT2D eigenvalue weighted by Gasteiger charge is -2.27. The van der Waals surface area contributed by atoms with E-state index in [0.717, 1.165) is 37.5 Å². The van der Waals surface area contributed by atoms with Crippen molar-refractivity contribution in [3.8, 4) is 0 Å². The molecule has 146 valence electrons. The summed E-state index contributed by atoms with van der Waals surface area (Å²) in [6.07, 6.45) is -2.02. The summed E-state index contributed by atoms with van der Waals surface area (Å²) >= 11 is 1.28. The zero-order valence-electron chi connectivity index (χ0n) is 15.3. The van der Waals surface area contributed by atoms with Gasteiger partial charge in [-0.1, -0.05) is 13.0 Å². The van der Waals surface area contributed by atoms with Crippen molar-refractivity contribution in [2.24, 2.45) is 5.92 Å². The summed E-state index contributed by atoms with van der Waals surface area (Å²) in [6, 6.07) is 4.78. The molecule has 1 aliphatic rings. The van der Waals surface area contributed by atoms with Crippen molar-refractivity contribution in [3.05, 3.63) is 40.9 Å². The van der Waals surface area contributed by atoms with Crippen LogP contribution >= 0.6 is 11.3 Å². The predicted molar refractivity (Wildman–Crippen MR) is 99.2 cm³/mol. The number of anilines is 2. The Kier molecular flexibility index (Phi) is 5.86. The number of nitrogens with zero attached hydrogens (tertiary/aromatic N) is 2. The number of likely N-dealkylation sites (tertiary alicyclic amines) is 1. The van der Waals surface area contributed by atoms with Gasteiger partial charge >= 0.3 is 6.18 Å². The number of thiazole rings is 1. The number of amides is 1. The first-order valence-corrected chi connectivity index (χ1v) is 9.88. The van der Waals surface area contributed by atoms with Crippen LogP contribution in [0.3, 0.4) is 0 Å². The van der Waals surface area contributed by atoms with Gasteiger partial charge in [0.05, 0.1) is 24.3 Å². The zero-order valence-corrected chi connectivity index (χ0v) is 16.2.